The van der Waals surface area contributed by atoms with Crippen molar-refractivity contribution in [1.82, 2.24) is 0 Å². The number of esters is 2. The first-order valence-electron chi connectivity index (χ1n) is 4.30. The van der Waals surface area contributed by atoms with Crippen LogP contribution in [-0.4, -0.2) is 30.8 Å². The van der Waals surface area contributed by atoms with Crippen LogP contribution in [0.1, 0.15) is 13.8 Å². The van der Waals surface area contributed by atoms with Crippen LogP contribution in [0.25, 0.3) is 0 Å². The summed E-state index contributed by atoms with van der Waals surface area (Å²) in [6, 6.07) is 0. The Kier molecular flexibility index (Phi) is 5.00. The van der Waals surface area contributed by atoms with Crippen molar-refractivity contribution >= 4 is 11.9 Å². The first-order chi connectivity index (χ1) is 7.20. The molecule has 0 aromatic carbocycles. The molecule has 0 heterocycles. The van der Waals surface area contributed by atoms with Gasteiger partial charge in [-0.2, -0.15) is 13.2 Å². The highest BCUT2D eigenvalue weighted by Gasteiger charge is 2.49. The van der Waals surface area contributed by atoms with Crippen LogP contribution >= 0.6 is 0 Å². The molecule has 0 spiro atoms. The Hall–Kier alpha value is -1.53. The number of carbonyl (C=O) groups excluding carboxylic acids is 2. The molecule has 7 heteroatoms. The van der Waals surface area contributed by atoms with Gasteiger partial charge < -0.3 is 9.47 Å². The molecule has 0 bridgehead atoms. The van der Waals surface area contributed by atoms with E-state index in [2.05, 4.69) is 16.1 Å². The number of rotatable bonds is 4. The monoisotopic (exact) mass is 240 g/mol. The summed E-state index contributed by atoms with van der Waals surface area (Å²) < 4.78 is 45.0. The van der Waals surface area contributed by atoms with Crippen LogP contribution < -0.4 is 0 Å². The standard InChI is InChI=1S/C9H11F3O4/c1-4-15-8(14)6(9(10,11)12)16-7(13)5(2)3/h6H,2,4H2,1,3H3. The molecule has 0 aromatic rings. The summed E-state index contributed by atoms with van der Waals surface area (Å²) in [5.41, 5.74) is -0.237. The fraction of sp³-hybridized carbons (Fsp3) is 0.556. The third-order valence-corrected chi connectivity index (χ3v) is 1.37. The summed E-state index contributed by atoms with van der Waals surface area (Å²) in [7, 11) is 0. The van der Waals surface area contributed by atoms with Crippen molar-refractivity contribution in [2.75, 3.05) is 6.61 Å². The van der Waals surface area contributed by atoms with Crippen molar-refractivity contribution in [3.63, 3.8) is 0 Å². The van der Waals surface area contributed by atoms with Crippen molar-refractivity contribution < 1.29 is 32.2 Å². The maximum absolute atomic E-state index is 12.3. The van der Waals surface area contributed by atoms with E-state index in [1.54, 1.807) is 0 Å². The molecule has 92 valence electrons. The Balaban J connectivity index is 4.77. The van der Waals surface area contributed by atoms with E-state index in [4.69, 9.17) is 0 Å². The lowest BCUT2D eigenvalue weighted by Crippen LogP contribution is -2.41. The average molecular weight is 240 g/mol. The third-order valence-electron chi connectivity index (χ3n) is 1.37. The largest absolute Gasteiger partial charge is 0.463 e. The van der Waals surface area contributed by atoms with Gasteiger partial charge in [-0.1, -0.05) is 6.58 Å². The molecule has 0 radical (unpaired) electrons. The predicted molar refractivity (Wildman–Crippen MR) is 47.4 cm³/mol. The van der Waals surface area contributed by atoms with E-state index in [1.165, 1.54) is 13.8 Å². The lowest BCUT2D eigenvalue weighted by atomic mass is 10.3. The van der Waals surface area contributed by atoms with E-state index in [0.29, 0.717) is 0 Å². The van der Waals surface area contributed by atoms with E-state index in [9.17, 15) is 22.8 Å². The molecule has 0 aromatic heterocycles. The van der Waals surface area contributed by atoms with Gasteiger partial charge in [0.25, 0.3) is 6.10 Å². The molecule has 0 aliphatic carbocycles. The van der Waals surface area contributed by atoms with Crippen molar-refractivity contribution in [2.45, 2.75) is 26.1 Å². The number of halogens is 3. The molecule has 0 saturated heterocycles. The van der Waals surface area contributed by atoms with Gasteiger partial charge in [-0.25, -0.2) is 9.59 Å². The number of ether oxygens (including phenoxy) is 2. The SMILES string of the molecule is C=C(C)C(=O)OC(C(=O)OCC)C(F)(F)F. The first-order valence-corrected chi connectivity index (χ1v) is 4.30. The molecule has 1 unspecified atom stereocenters. The molecular formula is C9H11F3O4. The van der Waals surface area contributed by atoms with Gasteiger partial charge in [0.2, 0.25) is 0 Å². The molecule has 0 aliphatic heterocycles. The van der Waals surface area contributed by atoms with Crippen molar-refractivity contribution in [3.05, 3.63) is 12.2 Å². The lowest BCUT2D eigenvalue weighted by molar-refractivity contribution is -0.228. The maximum Gasteiger partial charge on any atom is 0.436 e. The molecule has 4 nitrogen and oxygen atoms in total. The summed E-state index contributed by atoms with van der Waals surface area (Å²) >= 11 is 0. The average Bonchev–Trinajstić information content (AvgIpc) is 2.11. The minimum Gasteiger partial charge on any atom is -0.463 e. The summed E-state index contributed by atoms with van der Waals surface area (Å²) in [6.45, 7) is 5.37. The van der Waals surface area contributed by atoms with Gasteiger partial charge in [-0.3, -0.25) is 0 Å². The Bertz CT molecular complexity index is 296. The van der Waals surface area contributed by atoms with Crippen LogP contribution in [-0.2, 0) is 19.1 Å². The third kappa shape index (κ3) is 4.33. The van der Waals surface area contributed by atoms with Crippen LogP contribution in [0.2, 0.25) is 0 Å². The number of hydrogen-bond acceptors (Lipinski definition) is 4. The Morgan fingerprint density at radius 2 is 1.88 bits per heavy atom. The first kappa shape index (κ1) is 14.5. The molecular weight excluding hydrogens is 229 g/mol. The molecule has 0 N–H and O–H groups in total. The topological polar surface area (TPSA) is 52.6 Å². The van der Waals surface area contributed by atoms with Gasteiger partial charge in [0.05, 0.1) is 6.61 Å². The zero-order valence-corrected chi connectivity index (χ0v) is 8.76. The normalized spacial score (nSPS) is 12.8. The van der Waals surface area contributed by atoms with E-state index < -0.39 is 24.2 Å². The second-order valence-corrected chi connectivity index (χ2v) is 2.86. The van der Waals surface area contributed by atoms with Gasteiger partial charge in [0.15, 0.2) is 0 Å². The minimum absolute atomic E-state index is 0.237. The van der Waals surface area contributed by atoms with E-state index in [1.807, 2.05) is 0 Å². The van der Waals surface area contributed by atoms with Crippen LogP contribution in [0.15, 0.2) is 12.2 Å². The summed E-state index contributed by atoms with van der Waals surface area (Å²) in [5, 5.41) is 0. The van der Waals surface area contributed by atoms with E-state index in [0.717, 1.165) is 0 Å². The van der Waals surface area contributed by atoms with Gasteiger partial charge in [-0.15, -0.1) is 0 Å². The number of carbonyl (C=O) groups is 2. The highest BCUT2D eigenvalue weighted by atomic mass is 19.4. The number of hydrogen-bond donors (Lipinski definition) is 0. The van der Waals surface area contributed by atoms with Gasteiger partial charge in [0.1, 0.15) is 0 Å². The summed E-state index contributed by atoms with van der Waals surface area (Å²) in [5.74, 6) is -2.94. The summed E-state index contributed by atoms with van der Waals surface area (Å²) in [6.07, 6.45) is -7.91. The van der Waals surface area contributed by atoms with Gasteiger partial charge in [0, 0.05) is 5.57 Å². The molecule has 0 rings (SSSR count). The van der Waals surface area contributed by atoms with E-state index in [-0.39, 0.29) is 12.2 Å². The molecule has 16 heavy (non-hydrogen) atoms. The Labute approximate surface area is 90.0 Å². The van der Waals surface area contributed by atoms with E-state index >= 15 is 0 Å². The molecule has 0 aliphatic rings. The highest BCUT2D eigenvalue weighted by Crippen LogP contribution is 2.24. The molecule has 0 amide bonds. The fourth-order valence-electron chi connectivity index (χ4n) is 0.674. The van der Waals surface area contributed by atoms with Gasteiger partial charge in [-0.05, 0) is 13.8 Å². The second kappa shape index (κ2) is 5.53. The van der Waals surface area contributed by atoms with Crippen molar-refractivity contribution in [1.29, 1.82) is 0 Å². The Morgan fingerprint density at radius 3 is 2.19 bits per heavy atom. The molecule has 1 atom stereocenters. The van der Waals surface area contributed by atoms with Crippen LogP contribution in [0.4, 0.5) is 13.2 Å². The number of alkyl halides is 3. The zero-order chi connectivity index (χ0) is 12.9. The zero-order valence-electron chi connectivity index (χ0n) is 8.76. The summed E-state index contributed by atoms with van der Waals surface area (Å²) in [4.78, 5) is 21.8. The van der Waals surface area contributed by atoms with Crippen molar-refractivity contribution in [3.8, 4) is 0 Å². The van der Waals surface area contributed by atoms with Gasteiger partial charge >= 0.3 is 18.1 Å². The Morgan fingerprint density at radius 1 is 1.38 bits per heavy atom. The smallest absolute Gasteiger partial charge is 0.436 e. The fourth-order valence-corrected chi connectivity index (χ4v) is 0.674. The van der Waals surface area contributed by atoms with Crippen molar-refractivity contribution in [2.24, 2.45) is 0 Å². The van der Waals surface area contributed by atoms with Crippen LogP contribution in [0, 0.1) is 0 Å². The van der Waals surface area contributed by atoms with Crippen LogP contribution in [0.3, 0.4) is 0 Å². The quantitative estimate of drug-likeness (QED) is 0.553. The maximum atomic E-state index is 12.3. The molecule has 0 fully saturated rings. The van der Waals surface area contributed by atoms with Crippen LogP contribution in [0.5, 0.6) is 0 Å². The second-order valence-electron chi connectivity index (χ2n) is 2.86. The molecule has 0 saturated carbocycles. The highest BCUT2D eigenvalue weighted by molar-refractivity contribution is 5.89. The minimum atomic E-state index is -5.00. The predicted octanol–water partition coefficient (Wildman–Crippen LogP) is 1.60. The lowest BCUT2D eigenvalue weighted by Gasteiger charge is -2.18.